The summed E-state index contributed by atoms with van der Waals surface area (Å²) in [5.41, 5.74) is 0.292. The van der Waals surface area contributed by atoms with Crippen molar-refractivity contribution < 1.29 is 19.4 Å². The molecule has 1 aromatic heterocycles. The van der Waals surface area contributed by atoms with Crippen molar-refractivity contribution in [2.45, 2.75) is 13.0 Å². The first-order valence-corrected chi connectivity index (χ1v) is 6.14. The predicted octanol–water partition coefficient (Wildman–Crippen LogP) is 3.11. The van der Waals surface area contributed by atoms with Crippen molar-refractivity contribution in [3.05, 3.63) is 46.4 Å². The monoisotopic (exact) mass is 295 g/mol. The quantitative estimate of drug-likeness (QED) is 0.854. The fourth-order valence-corrected chi connectivity index (χ4v) is 2.03. The topological polar surface area (TPSA) is 70.4 Å². The van der Waals surface area contributed by atoms with Crippen LogP contribution in [0.25, 0.3) is 11.3 Å². The number of aldehydes is 1. The molecule has 0 radical (unpaired) electrons. The first-order chi connectivity index (χ1) is 9.43. The van der Waals surface area contributed by atoms with Crippen molar-refractivity contribution in [1.29, 1.82) is 0 Å². The second-order valence-corrected chi connectivity index (χ2v) is 4.66. The number of hydrogen-bond acceptors (Lipinski definition) is 4. The van der Waals surface area contributed by atoms with E-state index in [4.69, 9.17) is 11.6 Å². The first-order valence-electron chi connectivity index (χ1n) is 5.76. The molecule has 2 aromatic rings. The Bertz CT molecular complexity index is 674. The van der Waals surface area contributed by atoms with Gasteiger partial charge in [0.25, 0.3) is 0 Å². The highest BCUT2D eigenvalue weighted by molar-refractivity contribution is 6.31. The third kappa shape index (κ3) is 2.64. The Labute approximate surface area is 119 Å². The lowest BCUT2D eigenvalue weighted by Gasteiger charge is -2.10. The lowest BCUT2D eigenvalue weighted by atomic mass is 10.1. The smallest absolute Gasteiger partial charge is 0.153 e. The number of phenols is 1. The van der Waals surface area contributed by atoms with E-state index in [0.717, 1.165) is 12.1 Å². The number of aromatic hydroxyl groups is 1. The van der Waals surface area contributed by atoms with E-state index in [2.05, 4.69) is 4.98 Å². The first kappa shape index (κ1) is 14.4. The fraction of sp³-hybridized carbons (Fsp3) is 0.143. The van der Waals surface area contributed by atoms with Crippen LogP contribution in [0.3, 0.4) is 0 Å². The maximum Gasteiger partial charge on any atom is 0.153 e. The minimum atomic E-state index is -0.909. The number of nitrogens with zero attached hydrogens (tertiary/aromatic N) is 1. The molecule has 1 aromatic carbocycles. The number of benzene rings is 1. The number of pyridine rings is 1. The van der Waals surface area contributed by atoms with Gasteiger partial charge in [0.2, 0.25) is 0 Å². The highest BCUT2D eigenvalue weighted by Gasteiger charge is 2.15. The molecule has 0 aliphatic heterocycles. The summed E-state index contributed by atoms with van der Waals surface area (Å²) < 4.78 is 13.9. The largest absolute Gasteiger partial charge is 0.507 e. The number of halogens is 2. The number of hydrogen-bond donors (Lipinski definition) is 2. The maximum absolute atomic E-state index is 13.9. The van der Waals surface area contributed by atoms with Crippen molar-refractivity contribution in [1.82, 2.24) is 4.98 Å². The van der Waals surface area contributed by atoms with E-state index in [1.807, 2.05) is 0 Å². The van der Waals surface area contributed by atoms with Gasteiger partial charge in [0.15, 0.2) is 6.29 Å². The predicted molar refractivity (Wildman–Crippen MR) is 72.3 cm³/mol. The summed E-state index contributed by atoms with van der Waals surface area (Å²) in [6, 6.07) is 4.99. The summed E-state index contributed by atoms with van der Waals surface area (Å²) >= 11 is 5.89. The Kier molecular flexibility index (Phi) is 4.01. The molecule has 1 unspecified atom stereocenters. The molecular formula is C14H11ClFNO3. The van der Waals surface area contributed by atoms with Gasteiger partial charge in [0.1, 0.15) is 11.6 Å². The summed E-state index contributed by atoms with van der Waals surface area (Å²) in [6.45, 7) is 1.49. The summed E-state index contributed by atoms with van der Waals surface area (Å²) in [5, 5.41) is 19.4. The molecule has 0 fully saturated rings. The van der Waals surface area contributed by atoms with Crippen molar-refractivity contribution in [2.24, 2.45) is 0 Å². The van der Waals surface area contributed by atoms with Gasteiger partial charge in [-0.3, -0.25) is 4.79 Å². The van der Waals surface area contributed by atoms with E-state index in [9.17, 15) is 19.4 Å². The van der Waals surface area contributed by atoms with Crippen LogP contribution in [-0.4, -0.2) is 21.5 Å². The zero-order chi connectivity index (χ0) is 14.9. The minimum Gasteiger partial charge on any atom is -0.507 e. The summed E-state index contributed by atoms with van der Waals surface area (Å²) in [6.07, 6.45) is -0.549. The van der Waals surface area contributed by atoms with Gasteiger partial charge in [0, 0.05) is 5.56 Å². The Balaban J connectivity index is 2.60. The van der Waals surface area contributed by atoms with Crippen LogP contribution in [0.5, 0.6) is 5.75 Å². The van der Waals surface area contributed by atoms with Crippen LogP contribution in [0, 0.1) is 5.82 Å². The zero-order valence-electron chi connectivity index (χ0n) is 10.5. The molecule has 2 rings (SSSR count). The van der Waals surface area contributed by atoms with Gasteiger partial charge in [-0.25, -0.2) is 9.37 Å². The summed E-state index contributed by atoms with van der Waals surface area (Å²) in [5.74, 6) is -1.04. The molecule has 4 nitrogen and oxygen atoms in total. The van der Waals surface area contributed by atoms with Crippen LogP contribution >= 0.6 is 11.6 Å². The van der Waals surface area contributed by atoms with Crippen LogP contribution in [-0.2, 0) is 0 Å². The van der Waals surface area contributed by atoms with Crippen LogP contribution in [0.2, 0.25) is 5.02 Å². The number of carbonyl (C=O) groups excluding carboxylic acids is 1. The van der Waals surface area contributed by atoms with E-state index in [-0.39, 0.29) is 33.3 Å². The average Bonchev–Trinajstić information content (AvgIpc) is 2.41. The van der Waals surface area contributed by atoms with Crippen molar-refractivity contribution in [2.75, 3.05) is 0 Å². The van der Waals surface area contributed by atoms with Gasteiger partial charge in [-0.15, -0.1) is 0 Å². The van der Waals surface area contributed by atoms with Gasteiger partial charge in [-0.2, -0.15) is 0 Å². The van der Waals surface area contributed by atoms with Crippen molar-refractivity contribution in [3.8, 4) is 17.0 Å². The lowest BCUT2D eigenvalue weighted by molar-refractivity contribution is 0.112. The number of aliphatic hydroxyl groups excluding tert-OH is 1. The third-order valence-corrected chi connectivity index (χ3v) is 3.11. The Morgan fingerprint density at radius 1 is 1.40 bits per heavy atom. The van der Waals surface area contributed by atoms with E-state index in [1.54, 1.807) is 0 Å². The molecule has 20 heavy (non-hydrogen) atoms. The van der Waals surface area contributed by atoms with Crippen LogP contribution in [0.1, 0.15) is 29.1 Å². The molecule has 104 valence electrons. The van der Waals surface area contributed by atoms with Gasteiger partial charge in [0.05, 0.1) is 28.1 Å². The SMILES string of the molecule is CC(O)c1nc(-c2cc(O)c(C=O)cc2F)ccc1Cl. The molecule has 0 aliphatic carbocycles. The molecule has 0 spiro atoms. The highest BCUT2D eigenvalue weighted by atomic mass is 35.5. The standard InChI is InChI=1S/C14H11ClFNO3/c1-7(19)14-10(15)2-3-12(17-14)9-5-13(20)8(6-18)4-11(9)16/h2-7,19-20H,1H3. The molecule has 0 amide bonds. The van der Waals surface area contributed by atoms with E-state index >= 15 is 0 Å². The molecular weight excluding hydrogens is 285 g/mol. The average molecular weight is 296 g/mol. The normalized spacial score (nSPS) is 12.2. The molecule has 2 N–H and O–H groups in total. The van der Waals surface area contributed by atoms with Crippen molar-refractivity contribution in [3.63, 3.8) is 0 Å². The maximum atomic E-state index is 13.9. The number of aromatic nitrogens is 1. The Hall–Kier alpha value is -1.98. The minimum absolute atomic E-state index is 0.0201. The zero-order valence-corrected chi connectivity index (χ0v) is 11.2. The fourth-order valence-electron chi connectivity index (χ4n) is 1.77. The Morgan fingerprint density at radius 2 is 2.10 bits per heavy atom. The van der Waals surface area contributed by atoms with Crippen LogP contribution < -0.4 is 0 Å². The molecule has 1 atom stereocenters. The number of carbonyl (C=O) groups is 1. The summed E-state index contributed by atoms with van der Waals surface area (Å²) in [4.78, 5) is 14.7. The number of phenolic OH excluding ortho intramolecular Hbond substituents is 1. The van der Waals surface area contributed by atoms with Gasteiger partial charge in [-0.1, -0.05) is 11.6 Å². The highest BCUT2D eigenvalue weighted by Crippen LogP contribution is 2.30. The second-order valence-electron chi connectivity index (χ2n) is 4.25. The van der Waals surface area contributed by atoms with Gasteiger partial charge in [-0.05, 0) is 31.2 Å². The molecule has 0 aliphatic rings. The van der Waals surface area contributed by atoms with Crippen LogP contribution in [0.15, 0.2) is 24.3 Å². The van der Waals surface area contributed by atoms with Gasteiger partial charge < -0.3 is 10.2 Å². The lowest BCUT2D eigenvalue weighted by Crippen LogP contribution is -1.99. The Morgan fingerprint density at radius 3 is 2.70 bits per heavy atom. The van der Waals surface area contributed by atoms with E-state index < -0.39 is 11.9 Å². The van der Waals surface area contributed by atoms with Crippen LogP contribution in [0.4, 0.5) is 4.39 Å². The molecule has 0 saturated heterocycles. The molecule has 6 heteroatoms. The molecule has 1 heterocycles. The van der Waals surface area contributed by atoms with Gasteiger partial charge >= 0.3 is 0 Å². The molecule has 0 bridgehead atoms. The van der Waals surface area contributed by atoms with Crippen molar-refractivity contribution >= 4 is 17.9 Å². The number of aliphatic hydroxyl groups is 1. The second kappa shape index (κ2) is 5.56. The molecule has 0 saturated carbocycles. The summed E-state index contributed by atoms with van der Waals surface area (Å²) in [7, 11) is 0. The number of rotatable bonds is 3. The van der Waals surface area contributed by atoms with E-state index in [0.29, 0.717) is 6.29 Å². The van der Waals surface area contributed by atoms with E-state index in [1.165, 1.54) is 19.1 Å². The third-order valence-electron chi connectivity index (χ3n) is 2.79.